The van der Waals surface area contributed by atoms with Crippen LogP contribution >= 0.6 is 0 Å². The number of amides is 1. The fraction of sp³-hybridized carbons (Fsp3) is 0.312. The SMILES string of the molecule is [CH2-]C(C)NC(=O)c1cccc(C#CCCCC(=O)O)c1.[Mn]. The van der Waals surface area contributed by atoms with E-state index in [-0.39, 0.29) is 35.4 Å². The Bertz CT molecular complexity index is 544. The summed E-state index contributed by atoms with van der Waals surface area (Å²) in [7, 11) is 0. The maximum absolute atomic E-state index is 11.8. The van der Waals surface area contributed by atoms with Crippen LogP contribution in [0.5, 0.6) is 0 Å². The number of hydrogen-bond acceptors (Lipinski definition) is 2. The third-order valence-corrected chi connectivity index (χ3v) is 2.43. The number of unbranched alkanes of at least 4 members (excludes halogenated alkanes) is 1. The van der Waals surface area contributed by atoms with Gasteiger partial charge in [0.2, 0.25) is 5.91 Å². The molecule has 2 N–H and O–H groups in total. The number of hydrogen-bond donors (Lipinski definition) is 2. The second kappa shape index (κ2) is 10.0. The first-order valence-electron chi connectivity index (χ1n) is 6.43. The summed E-state index contributed by atoms with van der Waals surface area (Å²) in [6, 6.07) is 6.85. The molecule has 0 spiro atoms. The third-order valence-electron chi connectivity index (χ3n) is 2.43. The van der Waals surface area contributed by atoms with Crippen molar-refractivity contribution in [3.63, 3.8) is 0 Å². The first kappa shape index (κ1) is 19.2. The molecule has 0 aromatic heterocycles. The summed E-state index contributed by atoms with van der Waals surface area (Å²) >= 11 is 0. The van der Waals surface area contributed by atoms with Crippen LogP contribution < -0.4 is 5.32 Å². The Labute approximate surface area is 135 Å². The Morgan fingerprint density at radius 3 is 2.76 bits per heavy atom. The van der Waals surface area contributed by atoms with Gasteiger partial charge in [0.15, 0.2) is 0 Å². The Morgan fingerprint density at radius 1 is 1.43 bits per heavy atom. The Morgan fingerprint density at radius 2 is 2.14 bits per heavy atom. The maximum Gasteiger partial charge on any atom is 0.303 e. The average molecular weight is 327 g/mol. The van der Waals surface area contributed by atoms with Gasteiger partial charge in [0.25, 0.3) is 0 Å². The minimum atomic E-state index is -0.812. The number of carboxylic acid groups (broad SMARTS) is 1. The van der Waals surface area contributed by atoms with Crippen molar-refractivity contribution < 1.29 is 31.8 Å². The van der Waals surface area contributed by atoms with E-state index < -0.39 is 5.97 Å². The predicted octanol–water partition coefficient (Wildman–Crippen LogP) is 2.24. The molecule has 21 heavy (non-hydrogen) atoms. The Balaban J connectivity index is 0.00000400. The standard InChI is InChI=1S/C16H18NO3.Mn/c1-12(2)17-16(20)14-9-6-8-13(11-14)7-4-3-5-10-15(18)19;/h6,8-9,11-12H,1,3,5,10H2,2H3,(H,17,20)(H,18,19);/q-1;. The monoisotopic (exact) mass is 327 g/mol. The molecular formula is C16H18MnNO3-. The van der Waals surface area contributed by atoms with Gasteiger partial charge in [-0.25, -0.2) is 0 Å². The second-order valence-electron chi connectivity index (χ2n) is 4.50. The van der Waals surface area contributed by atoms with Crippen molar-refractivity contribution in [2.24, 2.45) is 0 Å². The van der Waals surface area contributed by atoms with E-state index in [0.29, 0.717) is 18.4 Å². The molecule has 0 aliphatic heterocycles. The molecule has 0 saturated carbocycles. The predicted molar refractivity (Wildman–Crippen MR) is 77.1 cm³/mol. The average Bonchev–Trinajstić information content (AvgIpc) is 2.37. The number of rotatable bonds is 5. The molecule has 1 radical (unpaired) electrons. The minimum absolute atomic E-state index is 0. The molecule has 0 aliphatic rings. The number of carboxylic acids is 1. The minimum Gasteiger partial charge on any atom is -0.481 e. The van der Waals surface area contributed by atoms with Crippen LogP contribution in [-0.4, -0.2) is 23.0 Å². The number of aliphatic carboxylic acids is 1. The number of nitrogens with one attached hydrogen (secondary N) is 1. The largest absolute Gasteiger partial charge is 0.481 e. The van der Waals surface area contributed by atoms with Crippen LogP contribution in [0.25, 0.3) is 0 Å². The van der Waals surface area contributed by atoms with E-state index >= 15 is 0 Å². The van der Waals surface area contributed by atoms with E-state index in [2.05, 4.69) is 24.1 Å². The molecule has 0 aliphatic carbocycles. The van der Waals surface area contributed by atoms with Gasteiger partial charge < -0.3 is 17.3 Å². The molecule has 1 aromatic rings. The quantitative estimate of drug-likeness (QED) is 0.377. The summed E-state index contributed by atoms with van der Waals surface area (Å²) in [6.07, 6.45) is 1.18. The Hall–Kier alpha value is -1.76. The van der Waals surface area contributed by atoms with Gasteiger partial charge in [-0.2, -0.15) is 0 Å². The van der Waals surface area contributed by atoms with Crippen molar-refractivity contribution in [2.45, 2.75) is 32.2 Å². The summed E-state index contributed by atoms with van der Waals surface area (Å²) in [6.45, 7) is 5.50. The zero-order valence-corrected chi connectivity index (χ0v) is 13.0. The van der Waals surface area contributed by atoms with Crippen LogP contribution in [0.2, 0.25) is 0 Å². The molecule has 1 unspecified atom stereocenters. The molecule has 1 aromatic carbocycles. The van der Waals surface area contributed by atoms with Gasteiger partial charge in [-0.15, -0.1) is 0 Å². The van der Waals surface area contributed by atoms with Gasteiger partial charge in [-0.1, -0.05) is 30.9 Å². The molecular weight excluding hydrogens is 309 g/mol. The molecule has 0 fully saturated rings. The van der Waals surface area contributed by atoms with Crippen LogP contribution in [0.1, 0.15) is 42.1 Å². The van der Waals surface area contributed by atoms with E-state index in [9.17, 15) is 9.59 Å². The molecule has 1 rings (SSSR count). The molecule has 4 nitrogen and oxygen atoms in total. The van der Waals surface area contributed by atoms with E-state index in [4.69, 9.17) is 5.11 Å². The van der Waals surface area contributed by atoms with Crippen LogP contribution in [0.4, 0.5) is 0 Å². The first-order valence-corrected chi connectivity index (χ1v) is 6.43. The zero-order chi connectivity index (χ0) is 15.0. The molecule has 5 heteroatoms. The topological polar surface area (TPSA) is 66.4 Å². The fourth-order valence-corrected chi connectivity index (χ4v) is 1.54. The summed E-state index contributed by atoms with van der Waals surface area (Å²) in [5.41, 5.74) is 1.28. The van der Waals surface area contributed by atoms with Crippen molar-refractivity contribution in [3.8, 4) is 11.8 Å². The smallest absolute Gasteiger partial charge is 0.303 e. The second-order valence-corrected chi connectivity index (χ2v) is 4.50. The van der Waals surface area contributed by atoms with E-state index in [0.717, 1.165) is 5.56 Å². The fourth-order valence-electron chi connectivity index (χ4n) is 1.54. The van der Waals surface area contributed by atoms with E-state index in [1.807, 2.05) is 6.07 Å². The van der Waals surface area contributed by atoms with Crippen LogP contribution in [0.3, 0.4) is 0 Å². The number of carbonyl (C=O) groups excluding carboxylic acids is 1. The van der Waals surface area contributed by atoms with E-state index in [1.54, 1.807) is 25.1 Å². The van der Waals surface area contributed by atoms with Crippen molar-refractivity contribution >= 4 is 11.9 Å². The van der Waals surface area contributed by atoms with Crippen LogP contribution in [-0.2, 0) is 21.9 Å². The number of benzene rings is 1. The molecule has 0 saturated heterocycles. The summed E-state index contributed by atoms with van der Waals surface area (Å²) < 4.78 is 0. The molecule has 1 amide bonds. The van der Waals surface area contributed by atoms with E-state index in [1.165, 1.54) is 0 Å². The van der Waals surface area contributed by atoms with Crippen molar-refractivity contribution in [1.29, 1.82) is 0 Å². The third kappa shape index (κ3) is 8.19. The zero-order valence-electron chi connectivity index (χ0n) is 11.9. The summed E-state index contributed by atoms with van der Waals surface area (Å²) in [5, 5.41) is 11.2. The van der Waals surface area contributed by atoms with Gasteiger partial charge in [0.05, 0.1) is 0 Å². The van der Waals surface area contributed by atoms with Gasteiger partial charge in [-0.05, 0) is 24.6 Å². The maximum atomic E-state index is 11.8. The van der Waals surface area contributed by atoms with Gasteiger partial charge in [0.1, 0.15) is 0 Å². The van der Waals surface area contributed by atoms with Crippen molar-refractivity contribution in [1.82, 2.24) is 5.32 Å². The van der Waals surface area contributed by atoms with Crippen molar-refractivity contribution in [2.75, 3.05) is 0 Å². The van der Waals surface area contributed by atoms with Crippen LogP contribution in [0, 0.1) is 18.8 Å². The van der Waals surface area contributed by atoms with Gasteiger partial charge in [0, 0.05) is 41.0 Å². The molecule has 1 atom stereocenters. The van der Waals surface area contributed by atoms with Crippen molar-refractivity contribution in [3.05, 3.63) is 42.3 Å². The first-order chi connectivity index (χ1) is 9.49. The van der Waals surface area contributed by atoms with Gasteiger partial charge in [-0.3, -0.25) is 9.59 Å². The molecule has 113 valence electrons. The molecule has 0 bridgehead atoms. The van der Waals surface area contributed by atoms with Gasteiger partial charge >= 0.3 is 5.97 Å². The van der Waals surface area contributed by atoms with Crippen LogP contribution in [0.15, 0.2) is 24.3 Å². The summed E-state index contributed by atoms with van der Waals surface area (Å²) in [4.78, 5) is 22.1. The number of carbonyl (C=O) groups is 2. The summed E-state index contributed by atoms with van der Waals surface area (Å²) in [5.74, 6) is 4.84. The molecule has 0 heterocycles. The normalized spacial score (nSPS) is 10.6. The Kier molecular flexibility index (Phi) is 9.20.